The lowest BCUT2D eigenvalue weighted by Gasteiger charge is -2.34. The molecule has 0 amide bonds. The molecular weight excluding hydrogens is 350 g/mol. The number of methoxy groups -OCH3 is 2. The molecular formula is C24H31NO3. The van der Waals surface area contributed by atoms with Crippen LogP contribution in [0.2, 0.25) is 0 Å². The zero-order valence-electron chi connectivity index (χ0n) is 17.3. The normalized spacial score (nSPS) is 23.4. The van der Waals surface area contributed by atoms with Crippen LogP contribution >= 0.6 is 0 Å². The number of hydrogen-bond donors (Lipinski definition) is 1. The van der Waals surface area contributed by atoms with Gasteiger partial charge in [0.25, 0.3) is 0 Å². The second-order valence-electron chi connectivity index (χ2n) is 7.89. The van der Waals surface area contributed by atoms with Crippen molar-refractivity contribution < 1.29 is 14.6 Å². The fraction of sp³-hybridized carbons (Fsp3) is 0.417. The maximum atomic E-state index is 11.9. The number of benzene rings is 2. The van der Waals surface area contributed by atoms with Gasteiger partial charge in [0.1, 0.15) is 11.5 Å². The van der Waals surface area contributed by atoms with Crippen molar-refractivity contribution in [2.24, 2.45) is 5.92 Å². The van der Waals surface area contributed by atoms with Gasteiger partial charge in [-0.15, -0.1) is 0 Å². The molecule has 0 bridgehead atoms. The number of hydrogen-bond acceptors (Lipinski definition) is 4. The number of ether oxygens (including phenoxy) is 2. The van der Waals surface area contributed by atoms with Gasteiger partial charge in [-0.3, -0.25) is 0 Å². The van der Waals surface area contributed by atoms with Crippen molar-refractivity contribution in [3.8, 4) is 11.5 Å². The molecule has 4 nitrogen and oxygen atoms in total. The Morgan fingerprint density at radius 3 is 2.43 bits per heavy atom. The number of aliphatic hydroxyl groups is 1. The van der Waals surface area contributed by atoms with Crippen LogP contribution in [-0.4, -0.2) is 50.5 Å². The second kappa shape index (κ2) is 8.80. The van der Waals surface area contributed by atoms with Crippen LogP contribution < -0.4 is 9.47 Å². The number of nitrogens with zero attached hydrogens (tertiary/aromatic N) is 1. The third-order valence-electron chi connectivity index (χ3n) is 5.64. The fourth-order valence-electron chi connectivity index (χ4n) is 4.18. The third-order valence-corrected chi connectivity index (χ3v) is 5.64. The predicted octanol–water partition coefficient (Wildman–Crippen LogP) is 4.03. The summed E-state index contributed by atoms with van der Waals surface area (Å²) in [7, 11) is 7.48. The molecule has 0 spiro atoms. The van der Waals surface area contributed by atoms with Gasteiger partial charge in [0, 0.05) is 18.9 Å². The van der Waals surface area contributed by atoms with Gasteiger partial charge in [-0.2, -0.15) is 0 Å². The zero-order chi connectivity index (χ0) is 20.1. The molecule has 2 atom stereocenters. The summed E-state index contributed by atoms with van der Waals surface area (Å²) in [6.07, 6.45) is 4.63. The first-order valence-electron chi connectivity index (χ1n) is 9.79. The van der Waals surface area contributed by atoms with E-state index in [2.05, 4.69) is 31.1 Å². The predicted molar refractivity (Wildman–Crippen MR) is 114 cm³/mol. The Bertz CT molecular complexity index is 813. The average molecular weight is 382 g/mol. The van der Waals surface area contributed by atoms with E-state index in [1.807, 2.05) is 42.5 Å². The summed E-state index contributed by atoms with van der Waals surface area (Å²) in [5.74, 6) is 1.85. The van der Waals surface area contributed by atoms with Crippen LogP contribution in [0.4, 0.5) is 0 Å². The van der Waals surface area contributed by atoms with Gasteiger partial charge in [-0.05, 0) is 67.9 Å². The van der Waals surface area contributed by atoms with Gasteiger partial charge in [0.15, 0.2) is 0 Å². The summed E-state index contributed by atoms with van der Waals surface area (Å²) in [5, 5.41) is 11.9. The minimum Gasteiger partial charge on any atom is -0.497 e. The second-order valence-corrected chi connectivity index (χ2v) is 7.89. The maximum absolute atomic E-state index is 11.9. The van der Waals surface area contributed by atoms with Crippen LogP contribution in [0.25, 0.3) is 6.08 Å². The molecule has 1 aliphatic carbocycles. The molecule has 0 heterocycles. The smallest absolute Gasteiger partial charge is 0.119 e. The Labute approximate surface area is 168 Å². The van der Waals surface area contributed by atoms with Crippen LogP contribution in [0.5, 0.6) is 11.5 Å². The third kappa shape index (κ3) is 4.57. The lowest BCUT2D eigenvalue weighted by atomic mass is 9.81. The van der Waals surface area contributed by atoms with Crippen molar-refractivity contribution >= 4 is 6.08 Å². The minimum absolute atomic E-state index is 0.193. The van der Waals surface area contributed by atoms with E-state index >= 15 is 0 Å². The lowest BCUT2D eigenvalue weighted by molar-refractivity contribution is 0.0257. The Kier molecular flexibility index (Phi) is 6.42. The molecule has 1 aliphatic rings. The Balaban J connectivity index is 1.93. The molecule has 1 N–H and O–H groups in total. The van der Waals surface area contributed by atoms with Crippen molar-refractivity contribution in [1.29, 1.82) is 0 Å². The highest BCUT2D eigenvalue weighted by Gasteiger charge is 2.45. The summed E-state index contributed by atoms with van der Waals surface area (Å²) in [6, 6.07) is 16.0. The molecule has 2 aromatic rings. The first kappa shape index (κ1) is 20.4. The minimum atomic E-state index is -0.865. The van der Waals surface area contributed by atoms with Gasteiger partial charge >= 0.3 is 0 Å². The topological polar surface area (TPSA) is 41.9 Å². The SMILES string of the molecule is COc1ccc(/C=C2\CCC(CN(C)C)C2(O)Cc2cccc(OC)c2)cc1. The summed E-state index contributed by atoms with van der Waals surface area (Å²) in [4.78, 5) is 2.16. The summed E-state index contributed by atoms with van der Waals surface area (Å²) >= 11 is 0. The quantitative estimate of drug-likeness (QED) is 0.786. The maximum Gasteiger partial charge on any atom is 0.119 e. The van der Waals surface area contributed by atoms with Crippen LogP contribution in [-0.2, 0) is 6.42 Å². The molecule has 28 heavy (non-hydrogen) atoms. The van der Waals surface area contributed by atoms with Crippen LogP contribution in [0.3, 0.4) is 0 Å². The molecule has 150 valence electrons. The van der Waals surface area contributed by atoms with Crippen molar-refractivity contribution in [2.75, 3.05) is 34.9 Å². The molecule has 4 heteroatoms. The Morgan fingerprint density at radius 1 is 1.07 bits per heavy atom. The average Bonchev–Trinajstić information content (AvgIpc) is 2.97. The van der Waals surface area contributed by atoms with Crippen LogP contribution in [0.1, 0.15) is 24.0 Å². The van der Waals surface area contributed by atoms with Crippen LogP contribution in [0.15, 0.2) is 54.1 Å². The zero-order valence-corrected chi connectivity index (χ0v) is 17.3. The molecule has 0 saturated heterocycles. The molecule has 2 unspecified atom stereocenters. The molecule has 0 aliphatic heterocycles. The van der Waals surface area contributed by atoms with Gasteiger partial charge in [-0.25, -0.2) is 0 Å². The van der Waals surface area contributed by atoms with E-state index in [0.29, 0.717) is 6.42 Å². The fourth-order valence-corrected chi connectivity index (χ4v) is 4.18. The van der Waals surface area contributed by atoms with E-state index in [1.165, 1.54) is 0 Å². The number of rotatable bonds is 7. The highest BCUT2D eigenvalue weighted by atomic mass is 16.5. The summed E-state index contributed by atoms with van der Waals surface area (Å²) in [5.41, 5.74) is 2.42. The highest BCUT2D eigenvalue weighted by Crippen LogP contribution is 2.44. The lowest BCUT2D eigenvalue weighted by Crippen LogP contribution is -2.42. The van der Waals surface area contributed by atoms with Crippen molar-refractivity contribution in [1.82, 2.24) is 4.90 Å². The standard InChI is InChI=1S/C24H31NO3/c1-25(2)17-21-11-10-20(14-18-8-12-22(27-3)13-9-18)24(21,26)16-19-6-5-7-23(15-19)28-4/h5-9,12-15,21,26H,10-11,16-17H2,1-4H3/b20-14+. The molecule has 0 aromatic heterocycles. The van der Waals surface area contributed by atoms with Gasteiger partial charge in [-0.1, -0.05) is 30.3 Å². The van der Waals surface area contributed by atoms with E-state index in [0.717, 1.165) is 47.6 Å². The van der Waals surface area contributed by atoms with Crippen LogP contribution in [0, 0.1) is 5.92 Å². The van der Waals surface area contributed by atoms with Crippen molar-refractivity contribution in [2.45, 2.75) is 24.9 Å². The van der Waals surface area contributed by atoms with Gasteiger partial charge in [0.2, 0.25) is 0 Å². The molecule has 1 saturated carbocycles. The van der Waals surface area contributed by atoms with Gasteiger partial charge in [0.05, 0.1) is 19.8 Å². The highest BCUT2D eigenvalue weighted by molar-refractivity contribution is 5.57. The van der Waals surface area contributed by atoms with Gasteiger partial charge < -0.3 is 19.5 Å². The van der Waals surface area contributed by atoms with E-state index in [9.17, 15) is 5.11 Å². The van der Waals surface area contributed by atoms with Crippen molar-refractivity contribution in [3.05, 3.63) is 65.2 Å². The molecule has 3 rings (SSSR count). The molecule has 2 aromatic carbocycles. The van der Waals surface area contributed by atoms with E-state index < -0.39 is 5.60 Å². The first-order chi connectivity index (χ1) is 13.4. The molecule has 0 radical (unpaired) electrons. The molecule has 1 fully saturated rings. The van der Waals surface area contributed by atoms with E-state index in [4.69, 9.17) is 9.47 Å². The largest absolute Gasteiger partial charge is 0.497 e. The first-order valence-corrected chi connectivity index (χ1v) is 9.79. The Hall–Kier alpha value is -2.30. The van der Waals surface area contributed by atoms with E-state index in [1.54, 1.807) is 14.2 Å². The van der Waals surface area contributed by atoms with Crippen molar-refractivity contribution in [3.63, 3.8) is 0 Å². The van der Waals surface area contributed by atoms with E-state index in [-0.39, 0.29) is 5.92 Å². The summed E-state index contributed by atoms with van der Waals surface area (Å²) < 4.78 is 10.6. The Morgan fingerprint density at radius 2 is 1.79 bits per heavy atom. The monoisotopic (exact) mass is 381 g/mol. The summed E-state index contributed by atoms with van der Waals surface area (Å²) in [6.45, 7) is 0.862.